The van der Waals surface area contributed by atoms with E-state index in [2.05, 4.69) is 21.6 Å². The molecule has 0 unspecified atom stereocenters. The van der Waals surface area contributed by atoms with Crippen molar-refractivity contribution >= 4 is 18.0 Å². The quantitative estimate of drug-likeness (QED) is 0.548. The average molecular weight is 423 g/mol. The number of methoxy groups -OCH3 is 3. The minimum Gasteiger partial charge on any atom is -0.493 e. The highest BCUT2D eigenvalue weighted by molar-refractivity contribution is 6.00. The van der Waals surface area contributed by atoms with Gasteiger partial charge in [0.05, 0.1) is 27.8 Å². The molecule has 0 atom stereocenters. The molecule has 3 rings (SSSR count). The first-order valence-corrected chi connectivity index (χ1v) is 9.61. The van der Waals surface area contributed by atoms with Gasteiger partial charge < -0.3 is 18.6 Å². The summed E-state index contributed by atoms with van der Waals surface area (Å²) in [6, 6.07) is 9.68. The molecule has 0 aliphatic heterocycles. The summed E-state index contributed by atoms with van der Waals surface area (Å²) >= 11 is 0. The lowest BCUT2D eigenvalue weighted by atomic mass is 10.0. The second kappa shape index (κ2) is 9.80. The molecule has 0 spiro atoms. The van der Waals surface area contributed by atoms with E-state index in [-0.39, 0.29) is 6.01 Å². The van der Waals surface area contributed by atoms with Gasteiger partial charge in [0.25, 0.3) is 5.91 Å². The number of nitrogens with zero attached hydrogens (tertiary/aromatic N) is 2. The number of carbonyl (C=O) groups is 1. The monoisotopic (exact) mass is 423 g/mol. The van der Waals surface area contributed by atoms with Gasteiger partial charge in [-0.25, -0.2) is 0 Å². The number of nitrogens with one attached hydrogen (secondary N) is 1. The Morgan fingerprint density at radius 3 is 2.35 bits per heavy atom. The van der Waals surface area contributed by atoms with Gasteiger partial charge in [-0.1, -0.05) is 28.9 Å². The third-order valence-electron chi connectivity index (χ3n) is 4.65. The van der Waals surface area contributed by atoms with Crippen molar-refractivity contribution in [2.45, 2.75) is 20.3 Å². The fraction of sp³-hybridized carbons (Fsp3) is 0.261. The molecule has 0 saturated carbocycles. The Morgan fingerprint density at radius 2 is 1.74 bits per heavy atom. The molecule has 8 nitrogen and oxygen atoms in total. The fourth-order valence-corrected chi connectivity index (χ4v) is 3.10. The summed E-state index contributed by atoms with van der Waals surface area (Å²) in [7, 11) is 4.59. The summed E-state index contributed by atoms with van der Waals surface area (Å²) in [5.74, 6) is 1.49. The second-order valence-electron chi connectivity index (χ2n) is 6.89. The summed E-state index contributed by atoms with van der Waals surface area (Å²) in [6.45, 7) is 4.08. The highest BCUT2D eigenvalue weighted by Gasteiger charge is 2.13. The van der Waals surface area contributed by atoms with Crippen LogP contribution in [-0.2, 0) is 11.2 Å². The fourth-order valence-electron chi connectivity index (χ4n) is 3.10. The maximum Gasteiger partial charge on any atom is 0.322 e. The van der Waals surface area contributed by atoms with Crippen LogP contribution in [0.1, 0.15) is 28.1 Å². The first-order chi connectivity index (χ1) is 14.9. The maximum absolute atomic E-state index is 12.3. The van der Waals surface area contributed by atoms with E-state index in [1.54, 1.807) is 18.2 Å². The van der Waals surface area contributed by atoms with Gasteiger partial charge in [0, 0.05) is 6.08 Å². The third kappa shape index (κ3) is 5.42. The predicted molar refractivity (Wildman–Crippen MR) is 117 cm³/mol. The summed E-state index contributed by atoms with van der Waals surface area (Å²) < 4.78 is 21.5. The highest BCUT2D eigenvalue weighted by atomic mass is 16.5. The average Bonchev–Trinajstić information content (AvgIpc) is 3.20. The van der Waals surface area contributed by atoms with E-state index >= 15 is 0 Å². The lowest BCUT2D eigenvalue weighted by Gasteiger charge is -2.12. The molecular formula is C23H25N3O5. The normalized spacial score (nSPS) is 10.9. The van der Waals surface area contributed by atoms with Crippen molar-refractivity contribution in [3.05, 3.63) is 64.6 Å². The SMILES string of the molecule is COc1cc(C=CC(=O)Nc2nnc(Cc3ccc(C)cc3C)o2)cc(OC)c1OC. The number of aryl methyl sites for hydroxylation is 2. The number of amides is 1. The molecule has 1 amide bonds. The molecule has 0 fully saturated rings. The van der Waals surface area contributed by atoms with Crippen LogP contribution >= 0.6 is 0 Å². The second-order valence-corrected chi connectivity index (χ2v) is 6.89. The van der Waals surface area contributed by atoms with Crippen LogP contribution < -0.4 is 19.5 Å². The van der Waals surface area contributed by atoms with Gasteiger partial charge in [0.2, 0.25) is 11.6 Å². The molecule has 0 saturated heterocycles. The molecule has 1 N–H and O–H groups in total. The van der Waals surface area contributed by atoms with Crippen molar-refractivity contribution < 1.29 is 23.4 Å². The first-order valence-electron chi connectivity index (χ1n) is 9.61. The molecule has 8 heteroatoms. The molecule has 31 heavy (non-hydrogen) atoms. The molecule has 0 bridgehead atoms. The molecule has 0 radical (unpaired) electrons. The van der Waals surface area contributed by atoms with Gasteiger partial charge in [-0.2, -0.15) is 0 Å². The van der Waals surface area contributed by atoms with Crippen LogP contribution in [0.25, 0.3) is 6.08 Å². The number of benzene rings is 2. The number of rotatable bonds is 8. The lowest BCUT2D eigenvalue weighted by molar-refractivity contribution is -0.112. The van der Waals surface area contributed by atoms with Crippen LogP contribution in [0, 0.1) is 13.8 Å². The molecule has 162 valence electrons. The molecule has 1 heterocycles. The van der Waals surface area contributed by atoms with Crippen molar-refractivity contribution in [2.24, 2.45) is 0 Å². The smallest absolute Gasteiger partial charge is 0.322 e. The Morgan fingerprint density at radius 1 is 1.03 bits per heavy atom. The van der Waals surface area contributed by atoms with Gasteiger partial charge in [-0.3, -0.25) is 10.1 Å². The predicted octanol–water partition coefficient (Wildman–Crippen LogP) is 3.95. The van der Waals surface area contributed by atoms with Gasteiger partial charge in [-0.15, -0.1) is 5.10 Å². The number of hydrogen-bond donors (Lipinski definition) is 1. The van der Waals surface area contributed by atoms with Crippen LogP contribution in [-0.4, -0.2) is 37.4 Å². The first kappa shape index (κ1) is 21.9. The van der Waals surface area contributed by atoms with E-state index < -0.39 is 5.91 Å². The van der Waals surface area contributed by atoms with Gasteiger partial charge in [-0.05, 0) is 48.7 Å². The van der Waals surface area contributed by atoms with Crippen LogP contribution in [0.3, 0.4) is 0 Å². The van der Waals surface area contributed by atoms with E-state index in [0.717, 1.165) is 11.1 Å². The van der Waals surface area contributed by atoms with E-state index in [1.165, 1.54) is 33.0 Å². The van der Waals surface area contributed by atoms with Gasteiger partial charge in [0.15, 0.2) is 11.5 Å². The number of carbonyl (C=O) groups excluding carboxylic acids is 1. The van der Waals surface area contributed by atoms with Crippen molar-refractivity contribution in [2.75, 3.05) is 26.6 Å². The molecular weight excluding hydrogens is 398 g/mol. The lowest BCUT2D eigenvalue weighted by Crippen LogP contribution is -2.07. The van der Waals surface area contributed by atoms with Crippen LogP contribution in [0.5, 0.6) is 17.2 Å². The number of ether oxygens (including phenoxy) is 3. The molecule has 3 aromatic rings. The summed E-state index contributed by atoms with van der Waals surface area (Å²) in [5.41, 5.74) is 4.14. The highest BCUT2D eigenvalue weighted by Crippen LogP contribution is 2.38. The summed E-state index contributed by atoms with van der Waals surface area (Å²) in [4.78, 5) is 12.3. The van der Waals surface area contributed by atoms with Crippen LogP contribution in [0.4, 0.5) is 6.01 Å². The summed E-state index contributed by atoms with van der Waals surface area (Å²) in [5, 5.41) is 10.5. The largest absolute Gasteiger partial charge is 0.493 e. The van der Waals surface area contributed by atoms with Crippen molar-refractivity contribution in [3.63, 3.8) is 0 Å². The zero-order valence-electron chi connectivity index (χ0n) is 18.2. The van der Waals surface area contributed by atoms with E-state index in [0.29, 0.717) is 35.1 Å². The third-order valence-corrected chi connectivity index (χ3v) is 4.65. The Hall–Kier alpha value is -3.81. The van der Waals surface area contributed by atoms with Gasteiger partial charge in [0.1, 0.15) is 0 Å². The van der Waals surface area contributed by atoms with Crippen LogP contribution in [0.2, 0.25) is 0 Å². The number of anilines is 1. The van der Waals surface area contributed by atoms with Crippen molar-refractivity contribution in [1.82, 2.24) is 10.2 Å². The van der Waals surface area contributed by atoms with Crippen molar-refractivity contribution in [1.29, 1.82) is 0 Å². The molecule has 0 aliphatic rings. The zero-order chi connectivity index (χ0) is 22.4. The molecule has 0 aliphatic carbocycles. The topological polar surface area (TPSA) is 95.7 Å². The Bertz CT molecular complexity index is 1080. The van der Waals surface area contributed by atoms with Crippen LogP contribution in [0.15, 0.2) is 40.8 Å². The number of aromatic nitrogens is 2. The molecule has 1 aromatic heterocycles. The number of hydrogen-bond acceptors (Lipinski definition) is 7. The van der Waals surface area contributed by atoms with Gasteiger partial charge >= 0.3 is 6.01 Å². The van der Waals surface area contributed by atoms with E-state index in [1.807, 2.05) is 26.0 Å². The Labute approximate surface area is 180 Å². The van der Waals surface area contributed by atoms with E-state index in [9.17, 15) is 4.79 Å². The summed E-state index contributed by atoms with van der Waals surface area (Å²) in [6.07, 6.45) is 3.47. The maximum atomic E-state index is 12.3. The van der Waals surface area contributed by atoms with E-state index in [4.69, 9.17) is 18.6 Å². The standard InChI is InChI=1S/C23H25N3O5/c1-14-6-8-17(15(2)10-14)13-21-25-26-23(31-21)24-20(27)9-7-16-11-18(28-3)22(30-5)19(12-16)29-4/h6-12H,13H2,1-5H3,(H,24,26,27). The molecule has 2 aromatic carbocycles. The Balaban J connectivity index is 1.67. The minimum atomic E-state index is -0.407. The minimum absolute atomic E-state index is 0.0410. The van der Waals surface area contributed by atoms with Crippen molar-refractivity contribution in [3.8, 4) is 17.2 Å². The zero-order valence-corrected chi connectivity index (χ0v) is 18.2. The Kier molecular flexibility index (Phi) is 6.92.